The molecule has 0 aromatic carbocycles. The van der Waals surface area contributed by atoms with Crippen molar-refractivity contribution < 1.29 is 124 Å². The van der Waals surface area contributed by atoms with E-state index in [1.165, 1.54) is 0 Å². The van der Waals surface area contributed by atoms with Crippen molar-refractivity contribution in [3.63, 3.8) is 0 Å². The van der Waals surface area contributed by atoms with Crippen molar-refractivity contribution in [1.82, 2.24) is 0 Å². The van der Waals surface area contributed by atoms with Crippen LogP contribution in [0.4, 0.5) is 0 Å². The fraction of sp³-hybridized carbons (Fsp3) is 0. The minimum atomic E-state index is 0. The molecule has 0 aliphatic carbocycles. The van der Waals surface area contributed by atoms with E-state index in [4.69, 9.17) is 0 Å². The van der Waals surface area contributed by atoms with Gasteiger partial charge in [-0.15, -0.1) is 0 Å². The van der Waals surface area contributed by atoms with E-state index in [0.29, 0.717) is 0 Å². The van der Waals surface area contributed by atoms with Crippen LogP contribution < -0.4 is 0 Å². The van der Waals surface area contributed by atoms with Gasteiger partial charge in [0.15, 0.2) is 0 Å². The molecule has 0 fully saturated rings. The number of hydrogen-bond acceptors (Lipinski definition) is 0. The van der Waals surface area contributed by atoms with Crippen LogP contribution in [0.5, 0.6) is 0 Å². The van der Waals surface area contributed by atoms with Gasteiger partial charge in [-0.05, 0) is 0 Å². The minimum absolute atomic E-state index is 0. The van der Waals surface area contributed by atoms with Crippen LogP contribution in [0.25, 0.3) is 0 Å². The molecule has 0 aliphatic rings. The summed E-state index contributed by atoms with van der Waals surface area (Å²) in [5, 5.41) is 0. The average molecular weight is 434 g/mol. The summed E-state index contributed by atoms with van der Waals surface area (Å²) in [5.41, 5.74) is 0. The van der Waals surface area contributed by atoms with Gasteiger partial charge in [0.1, 0.15) is 0 Å². The van der Waals surface area contributed by atoms with Gasteiger partial charge >= 0.3 is 0 Å². The summed E-state index contributed by atoms with van der Waals surface area (Å²) in [6.07, 6.45) is 0. The second-order valence-electron chi connectivity index (χ2n) is 0. The second-order valence-corrected chi connectivity index (χ2v) is 0. The molecule has 6 radical (unpaired) electrons. The van der Waals surface area contributed by atoms with Gasteiger partial charge in [0.2, 0.25) is 0 Å². The molecule has 0 N–H and O–H groups in total. The zero-order valence-corrected chi connectivity index (χ0v) is 10.3. The van der Waals surface area contributed by atoms with Crippen LogP contribution in [0.1, 0.15) is 0 Å². The van der Waals surface area contributed by atoms with E-state index < -0.39 is 0 Å². The molecule has 0 saturated heterocycles. The SMILES string of the molecule is [Mn].[Mn].[Mn].[Mn].[Mn].[Tb]. The molecule has 44 valence electrons. The monoisotopic (exact) mass is 434 g/mol. The first-order valence-corrected chi connectivity index (χ1v) is 0. The Balaban J connectivity index is 0. The van der Waals surface area contributed by atoms with Crippen LogP contribution in [0, 0.1) is 38.6 Å². The minimum Gasteiger partial charge on any atom is 0 e. The molecule has 0 amide bonds. The molecule has 0 spiro atoms. The number of rotatable bonds is 0. The third-order valence-corrected chi connectivity index (χ3v) is 0. The number of hydrogen-bond donors (Lipinski definition) is 0. The Morgan fingerprint density at radius 1 is 0.333 bits per heavy atom. The van der Waals surface area contributed by atoms with Crippen LogP contribution in [-0.2, 0) is 85.3 Å². The quantitative estimate of drug-likeness (QED) is 0.472. The van der Waals surface area contributed by atoms with Crippen LogP contribution in [0.2, 0.25) is 0 Å². The zero-order chi connectivity index (χ0) is 0. The van der Waals surface area contributed by atoms with Gasteiger partial charge in [0, 0.05) is 124 Å². The maximum absolute atomic E-state index is 0. The van der Waals surface area contributed by atoms with Crippen molar-refractivity contribution in [3.05, 3.63) is 0 Å². The van der Waals surface area contributed by atoms with E-state index >= 15 is 0 Å². The summed E-state index contributed by atoms with van der Waals surface area (Å²) in [4.78, 5) is 0. The first kappa shape index (κ1) is 51.7. The third-order valence-electron chi connectivity index (χ3n) is 0. The molecule has 0 heterocycles. The molecule has 0 saturated carbocycles. The first-order chi connectivity index (χ1) is 0. The molecule has 0 bridgehead atoms. The topological polar surface area (TPSA) is 0 Å². The van der Waals surface area contributed by atoms with Gasteiger partial charge in [-0.1, -0.05) is 0 Å². The first-order valence-electron chi connectivity index (χ1n) is 0. The Morgan fingerprint density at radius 3 is 0.333 bits per heavy atom. The molecule has 0 atom stereocenters. The molecular formula is Mn5Tb. The summed E-state index contributed by atoms with van der Waals surface area (Å²) in [6.45, 7) is 0. The molecule has 6 heteroatoms. The maximum atomic E-state index is 0. The van der Waals surface area contributed by atoms with Crippen LogP contribution in [-0.4, -0.2) is 0 Å². The van der Waals surface area contributed by atoms with E-state index in [1.807, 2.05) is 0 Å². The normalized spacial score (nSPS) is 0. The predicted molar refractivity (Wildman–Crippen MR) is 0 cm³/mol. The van der Waals surface area contributed by atoms with Crippen molar-refractivity contribution >= 4 is 0 Å². The molecule has 0 aromatic rings. The summed E-state index contributed by atoms with van der Waals surface area (Å²) in [7, 11) is 0. The third kappa shape index (κ3) is 24.8. The van der Waals surface area contributed by atoms with Crippen molar-refractivity contribution in [2.24, 2.45) is 0 Å². The van der Waals surface area contributed by atoms with Crippen molar-refractivity contribution in [2.75, 3.05) is 0 Å². The van der Waals surface area contributed by atoms with Gasteiger partial charge in [-0.3, -0.25) is 0 Å². The van der Waals surface area contributed by atoms with Crippen molar-refractivity contribution in [1.29, 1.82) is 0 Å². The molecule has 0 aliphatic heterocycles. The molecule has 0 nitrogen and oxygen atoms in total. The average Bonchev–Trinajstić information content (AvgIpc) is 0. The molecule has 0 rings (SSSR count). The predicted octanol–water partition coefficient (Wildman–Crippen LogP) is -0.0125. The van der Waals surface area contributed by atoms with Gasteiger partial charge in [0.25, 0.3) is 0 Å². The molecule has 0 aromatic heterocycles. The Kier molecular flexibility index (Phi) is 316. The molecular weight excluding hydrogens is 434 g/mol. The summed E-state index contributed by atoms with van der Waals surface area (Å²) >= 11 is 0. The van der Waals surface area contributed by atoms with Crippen LogP contribution in [0.3, 0.4) is 0 Å². The van der Waals surface area contributed by atoms with E-state index in [-0.39, 0.29) is 124 Å². The molecule has 6 heavy (non-hydrogen) atoms. The second kappa shape index (κ2) is 36.6. The van der Waals surface area contributed by atoms with Gasteiger partial charge in [-0.25, -0.2) is 0 Å². The van der Waals surface area contributed by atoms with E-state index in [9.17, 15) is 0 Å². The Morgan fingerprint density at radius 2 is 0.333 bits per heavy atom. The largest absolute Gasteiger partial charge is 0 e. The summed E-state index contributed by atoms with van der Waals surface area (Å²) < 4.78 is 0. The van der Waals surface area contributed by atoms with Gasteiger partial charge in [-0.2, -0.15) is 0 Å². The zero-order valence-electron chi connectivity index (χ0n) is 2.22. The fourth-order valence-electron chi connectivity index (χ4n) is 0. The van der Waals surface area contributed by atoms with E-state index in [1.54, 1.807) is 0 Å². The van der Waals surface area contributed by atoms with Crippen LogP contribution >= 0.6 is 0 Å². The van der Waals surface area contributed by atoms with Gasteiger partial charge < -0.3 is 0 Å². The summed E-state index contributed by atoms with van der Waals surface area (Å²) in [6, 6.07) is 0. The Bertz CT molecular complexity index is 3.90. The maximum Gasteiger partial charge on any atom is 0 e. The smallest absolute Gasteiger partial charge is 0 e. The van der Waals surface area contributed by atoms with E-state index in [2.05, 4.69) is 0 Å². The summed E-state index contributed by atoms with van der Waals surface area (Å²) in [5.74, 6) is 0. The Hall–Kier alpha value is 3.88. The van der Waals surface area contributed by atoms with Crippen molar-refractivity contribution in [2.45, 2.75) is 0 Å². The standard InChI is InChI=1S/5Mn.Tb. The molecule has 0 unspecified atom stereocenters. The van der Waals surface area contributed by atoms with Gasteiger partial charge in [0.05, 0.1) is 0 Å². The van der Waals surface area contributed by atoms with E-state index in [0.717, 1.165) is 0 Å². The van der Waals surface area contributed by atoms with Crippen molar-refractivity contribution in [3.8, 4) is 0 Å². The fourth-order valence-corrected chi connectivity index (χ4v) is 0. The van der Waals surface area contributed by atoms with Crippen LogP contribution in [0.15, 0.2) is 0 Å². The Labute approximate surface area is 121 Å².